The zero-order chi connectivity index (χ0) is 22.5. The fourth-order valence-electron chi connectivity index (χ4n) is 4.72. The predicted molar refractivity (Wildman–Crippen MR) is 138 cm³/mol. The maximum absolute atomic E-state index is 12.9. The molecule has 1 amide bonds. The molecule has 0 unspecified atom stereocenters. The van der Waals surface area contributed by atoms with Gasteiger partial charge in [-0.15, -0.1) is 12.4 Å². The SMILES string of the molecule is CCC(CC)NC(=O)c1nc(N[C@H]2CCCC[C@H]2NC2=NCCC2)c2cc(C)ccc2n1.Cl. The molecular formula is C25H37ClN6O. The molecule has 0 radical (unpaired) electrons. The van der Waals surface area contributed by atoms with E-state index >= 15 is 0 Å². The quantitative estimate of drug-likeness (QED) is 0.539. The third-order valence-electron chi connectivity index (χ3n) is 6.69. The van der Waals surface area contributed by atoms with Gasteiger partial charge in [-0.1, -0.05) is 38.3 Å². The van der Waals surface area contributed by atoms with E-state index in [1.165, 1.54) is 12.8 Å². The molecule has 2 aromatic rings. The zero-order valence-electron chi connectivity index (χ0n) is 20.0. The van der Waals surface area contributed by atoms with Crippen LogP contribution in [0.5, 0.6) is 0 Å². The molecule has 1 aliphatic heterocycles. The van der Waals surface area contributed by atoms with Crippen LogP contribution in [0.15, 0.2) is 23.2 Å². The van der Waals surface area contributed by atoms with E-state index in [0.29, 0.717) is 6.04 Å². The first-order chi connectivity index (χ1) is 15.6. The van der Waals surface area contributed by atoms with Crippen LogP contribution in [0.4, 0.5) is 5.82 Å². The van der Waals surface area contributed by atoms with Gasteiger partial charge < -0.3 is 16.0 Å². The van der Waals surface area contributed by atoms with Crippen molar-refractivity contribution in [2.75, 3.05) is 11.9 Å². The van der Waals surface area contributed by atoms with Crippen molar-refractivity contribution in [3.8, 4) is 0 Å². The summed E-state index contributed by atoms with van der Waals surface area (Å²) in [5.41, 5.74) is 1.94. The monoisotopic (exact) mass is 472 g/mol. The van der Waals surface area contributed by atoms with Crippen molar-refractivity contribution in [1.82, 2.24) is 20.6 Å². The van der Waals surface area contributed by atoms with E-state index in [2.05, 4.69) is 52.8 Å². The number of aromatic nitrogens is 2. The molecule has 0 bridgehead atoms. The summed E-state index contributed by atoms with van der Waals surface area (Å²) in [5, 5.41) is 11.4. The van der Waals surface area contributed by atoms with Crippen LogP contribution in [0.25, 0.3) is 10.9 Å². The lowest BCUT2D eigenvalue weighted by molar-refractivity contribution is 0.0924. The number of amides is 1. The van der Waals surface area contributed by atoms with Gasteiger partial charge in [-0.25, -0.2) is 9.97 Å². The molecule has 3 N–H and O–H groups in total. The molecule has 1 fully saturated rings. The van der Waals surface area contributed by atoms with Crippen LogP contribution in [0, 0.1) is 6.92 Å². The number of aryl methyl sites for hydroxylation is 1. The Kier molecular flexibility index (Phi) is 8.89. The fourth-order valence-corrected chi connectivity index (χ4v) is 4.72. The maximum atomic E-state index is 12.9. The summed E-state index contributed by atoms with van der Waals surface area (Å²) in [5.74, 6) is 1.91. The highest BCUT2D eigenvalue weighted by atomic mass is 35.5. The van der Waals surface area contributed by atoms with Crippen molar-refractivity contribution in [2.45, 2.75) is 90.3 Å². The standard InChI is InChI=1S/C25H36N6O.ClH/c1-4-17(5-2)27-25(32)24-29-19-13-12-16(3)15-18(19)23(31-24)30-21-10-7-6-9-20(21)28-22-11-8-14-26-22;/h12-13,15,17,20-21H,4-11,14H2,1-3H3,(H,26,28)(H,27,32)(H,29,30,31);1H/t20-,21+;/m1./s1. The topological polar surface area (TPSA) is 91.3 Å². The van der Waals surface area contributed by atoms with Crippen LogP contribution in [-0.2, 0) is 0 Å². The lowest BCUT2D eigenvalue weighted by Crippen LogP contribution is -2.48. The Hall–Kier alpha value is -2.41. The molecule has 33 heavy (non-hydrogen) atoms. The molecule has 2 heterocycles. The van der Waals surface area contributed by atoms with Crippen molar-refractivity contribution >= 4 is 40.9 Å². The number of benzene rings is 1. The molecule has 0 spiro atoms. The number of amidine groups is 1. The minimum atomic E-state index is -0.206. The smallest absolute Gasteiger partial charge is 0.289 e. The molecule has 2 aliphatic rings. The van der Waals surface area contributed by atoms with E-state index < -0.39 is 0 Å². The minimum Gasteiger partial charge on any atom is -0.369 e. The van der Waals surface area contributed by atoms with E-state index in [1.54, 1.807) is 0 Å². The molecule has 2 atom stereocenters. The number of hydrogen-bond acceptors (Lipinski definition) is 6. The Bertz CT molecular complexity index is 990. The van der Waals surface area contributed by atoms with Gasteiger partial charge in [0.2, 0.25) is 5.82 Å². The first kappa shape index (κ1) is 25.2. The van der Waals surface area contributed by atoms with Gasteiger partial charge in [0.25, 0.3) is 5.91 Å². The van der Waals surface area contributed by atoms with Crippen molar-refractivity contribution in [2.24, 2.45) is 4.99 Å². The average molecular weight is 473 g/mol. The summed E-state index contributed by atoms with van der Waals surface area (Å²) < 4.78 is 0. The zero-order valence-corrected chi connectivity index (χ0v) is 20.8. The molecule has 1 saturated carbocycles. The summed E-state index contributed by atoms with van der Waals surface area (Å²) >= 11 is 0. The fraction of sp³-hybridized carbons (Fsp3) is 0.600. The third kappa shape index (κ3) is 6.14. The van der Waals surface area contributed by atoms with E-state index in [-0.39, 0.29) is 36.2 Å². The number of carbonyl (C=O) groups is 1. The number of halogens is 1. The lowest BCUT2D eigenvalue weighted by atomic mass is 9.90. The molecule has 7 nitrogen and oxygen atoms in total. The highest BCUT2D eigenvalue weighted by Crippen LogP contribution is 2.27. The van der Waals surface area contributed by atoms with Crippen molar-refractivity contribution in [3.63, 3.8) is 0 Å². The van der Waals surface area contributed by atoms with Gasteiger partial charge in [-0.2, -0.15) is 0 Å². The Morgan fingerprint density at radius 2 is 1.79 bits per heavy atom. The van der Waals surface area contributed by atoms with Crippen LogP contribution < -0.4 is 16.0 Å². The van der Waals surface area contributed by atoms with Crippen molar-refractivity contribution in [3.05, 3.63) is 29.6 Å². The van der Waals surface area contributed by atoms with E-state index in [9.17, 15) is 4.79 Å². The first-order valence-corrected chi connectivity index (χ1v) is 12.2. The Morgan fingerprint density at radius 1 is 1.06 bits per heavy atom. The number of fused-ring (bicyclic) bond motifs is 1. The van der Waals surface area contributed by atoms with Crippen LogP contribution >= 0.6 is 12.4 Å². The number of hydrogen-bond donors (Lipinski definition) is 3. The van der Waals surface area contributed by atoms with Gasteiger partial charge in [0.15, 0.2) is 0 Å². The molecule has 1 aliphatic carbocycles. The van der Waals surface area contributed by atoms with Gasteiger partial charge >= 0.3 is 0 Å². The third-order valence-corrected chi connectivity index (χ3v) is 6.69. The first-order valence-electron chi connectivity index (χ1n) is 12.2. The summed E-state index contributed by atoms with van der Waals surface area (Å²) in [4.78, 5) is 26.9. The van der Waals surface area contributed by atoms with Gasteiger partial charge in [-0.3, -0.25) is 9.79 Å². The van der Waals surface area contributed by atoms with Crippen molar-refractivity contribution in [1.29, 1.82) is 0 Å². The van der Waals surface area contributed by atoms with Gasteiger partial charge in [-0.05, 0) is 51.2 Å². The van der Waals surface area contributed by atoms with Gasteiger partial charge in [0, 0.05) is 36.5 Å². The second-order valence-corrected chi connectivity index (χ2v) is 9.12. The van der Waals surface area contributed by atoms with E-state index in [4.69, 9.17) is 4.98 Å². The Balaban J connectivity index is 0.00000306. The molecule has 1 aromatic carbocycles. The molecule has 180 valence electrons. The number of anilines is 1. The maximum Gasteiger partial charge on any atom is 0.289 e. The summed E-state index contributed by atoms with van der Waals surface area (Å²) in [6, 6.07) is 6.81. The number of carbonyl (C=O) groups excluding carboxylic acids is 1. The number of rotatable bonds is 7. The molecular weight excluding hydrogens is 436 g/mol. The largest absolute Gasteiger partial charge is 0.369 e. The summed E-state index contributed by atoms with van der Waals surface area (Å²) in [6.45, 7) is 7.16. The van der Waals surface area contributed by atoms with Crippen LogP contribution in [0.1, 0.15) is 81.4 Å². The minimum absolute atomic E-state index is 0. The Labute approximate surface area is 203 Å². The number of aliphatic imine (C=N–C) groups is 1. The second-order valence-electron chi connectivity index (χ2n) is 9.12. The highest BCUT2D eigenvalue weighted by molar-refractivity contribution is 5.96. The van der Waals surface area contributed by atoms with E-state index in [1.807, 2.05) is 12.1 Å². The van der Waals surface area contributed by atoms with Crippen LogP contribution in [0.3, 0.4) is 0 Å². The van der Waals surface area contributed by atoms with Crippen LogP contribution in [-0.4, -0.2) is 46.4 Å². The normalized spacial score (nSPS) is 20.3. The summed E-state index contributed by atoms with van der Waals surface area (Å²) in [6.07, 6.45) is 8.54. The van der Waals surface area contributed by atoms with E-state index in [0.717, 1.165) is 73.2 Å². The Morgan fingerprint density at radius 3 is 2.45 bits per heavy atom. The second kappa shape index (κ2) is 11.6. The van der Waals surface area contributed by atoms with Crippen molar-refractivity contribution < 1.29 is 4.79 Å². The molecule has 1 aromatic heterocycles. The number of nitrogens with zero attached hydrogens (tertiary/aromatic N) is 3. The summed E-state index contributed by atoms with van der Waals surface area (Å²) in [7, 11) is 0. The van der Waals surface area contributed by atoms with Crippen LogP contribution in [0.2, 0.25) is 0 Å². The molecule has 0 saturated heterocycles. The predicted octanol–water partition coefficient (Wildman–Crippen LogP) is 4.78. The van der Waals surface area contributed by atoms with Gasteiger partial charge in [0.05, 0.1) is 11.4 Å². The molecule has 4 rings (SSSR count). The highest BCUT2D eigenvalue weighted by Gasteiger charge is 2.28. The lowest BCUT2D eigenvalue weighted by Gasteiger charge is -2.34. The van der Waals surface area contributed by atoms with Gasteiger partial charge in [0.1, 0.15) is 5.82 Å². The number of nitrogens with one attached hydrogen (secondary N) is 3. The molecule has 8 heteroatoms. The average Bonchev–Trinajstić information content (AvgIpc) is 3.32.